The van der Waals surface area contributed by atoms with Gasteiger partial charge in [-0.25, -0.2) is 4.99 Å². The van der Waals surface area contributed by atoms with E-state index in [0.29, 0.717) is 18.4 Å². The van der Waals surface area contributed by atoms with Gasteiger partial charge in [0.15, 0.2) is 5.90 Å². The fraction of sp³-hybridized carbons (Fsp3) is 0.500. The molecule has 0 amide bonds. The summed E-state index contributed by atoms with van der Waals surface area (Å²) in [5.41, 5.74) is 0. The van der Waals surface area contributed by atoms with Crippen molar-refractivity contribution in [1.82, 2.24) is 0 Å². The molecule has 0 aromatic heterocycles. The fourth-order valence-electron chi connectivity index (χ4n) is 1.68. The SMILES string of the molecule is CC(C)[C@H]1COC([C]2[CH][CH][CH][C]2CO)=N1. The van der Waals surface area contributed by atoms with Gasteiger partial charge in [-0.3, -0.25) is 0 Å². The first-order valence-corrected chi connectivity index (χ1v) is 5.28. The Morgan fingerprint density at radius 1 is 1.53 bits per heavy atom. The number of aliphatic imine (C=N–C) groups is 1. The van der Waals surface area contributed by atoms with Crippen molar-refractivity contribution in [2.45, 2.75) is 19.9 Å². The second-order valence-electron chi connectivity index (χ2n) is 4.18. The van der Waals surface area contributed by atoms with Crippen LogP contribution < -0.4 is 0 Å². The number of ether oxygens (including phenoxy) is 1. The number of hydrogen-bond acceptors (Lipinski definition) is 3. The molecule has 1 saturated carbocycles. The molecule has 0 bridgehead atoms. The van der Waals surface area contributed by atoms with E-state index in [1.54, 1.807) is 0 Å². The third-order valence-corrected chi connectivity index (χ3v) is 2.75. The second kappa shape index (κ2) is 4.52. The quantitative estimate of drug-likeness (QED) is 0.754. The van der Waals surface area contributed by atoms with Gasteiger partial charge in [-0.2, -0.15) is 0 Å². The first-order valence-electron chi connectivity index (χ1n) is 5.28. The minimum absolute atomic E-state index is 0.0387. The zero-order valence-electron chi connectivity index (χ0n) is 9.10. The van der Waals surface area contributed by atoms with Gasteiger partial charge in [-0.1, -0.05) is 13.8 Å². The molecule has 15 heavy (non-hydrogen) atoms. The first kappa shape index (κ1) is 10.9. The molecular weight excluding hydrogens is 190 g/mol. The lowest BCUT2D eigenvalue weighted by Gasteiger charge is -2.14. The molecule has 0 spiro atoms. The molecule has 1 aliphatic carbocycles. The first-order chi connectivity index (χ1) is 7.22. The number of aliphatic hydroxyl groups is 1. The summed E-state index contributed by atoms with van der Waals surface area (Å²) in [4.78, 5) is 4.52. The molecule has 1 aliphatic heterocycles. The lowest BCUT2D eigenvalue weighted by atomic mass is 9.97. The Labute approximate surface area is 91.5 Å². The van der Waals surface area contributed by atoms with Crippen molar-refractivity contribution >= 4 is 5.90 Å². The van der Waals surface area contributed by atoms with E-state index in [9.17, 15) is 0 Å². The summed E-state index contributed by atoms with van der Waals surface area (Å²) in [5, 5.41) is 9.13. The molecule has 0 aromatic rings. The monoisotopic (exact) mass is 206 g/mol. The molecule has 3 heteroatoms. The summed E-state index contributed by atoms with van der Waals surface area (Å²) >= 11 is 0. The molecule has 0 saturated heterocycles. The third-order valence-electron chi connectivity index (χ3n) is 2.75. The highest BCUT2D eigenvalue weighted by Gasteiger charge is 2.37. The van der Waals surface area contributed by atoms with Crippen molar-refractivity contribution in [2.24, 2.45) is 10.9 Å². The van der Waals surface area contributed by atoms with Crippen molar-refractivity contribution in [3.05, 3.63) is 31.1 Å². The van der Waals surface area contributed by atoms with Gasteiger partial charge in [0.1, 0.15) is 6.61 Å². The van der Waals surface area contributed by atoms with Crippen LogP contribution >= 0.6 is 0 Å². The van der Waals surface area contributed by atoms with Gasteiger partial charge in [0, 0.05) is 5.92 Å². The van der Waals surface area contributed by atoms with Gasteiger partial charge in [0.05, 0.1) is 18.6 Å². The zero-order valence-corrected chi connectivity index (χ0v) is 9.10. The van der Waals surface area contributed by atoms with Gasteiger partial charge < -0.3 is 9.84 Å². The maximum atomic E-state index is 9.13. The van der Waals surface area contributed by atoms with Crippen LogP contribution in [0.15, 0.2) is 4.99 Å². The zero-order chi connectivity index (χ0) is 10.8. The Kier molecular flexibility index (Phi) is 3.29. The van der Waals surface area contributed by atoms with Crippen molar-refractivity contribution in [3.63, 3.8) is 0 Å². The molecule has 1 atom stereocenters. The molecule has 1 heterocycles. The Morgan fingerprint density at radius 2 is 2.33 bits per heavy atom. The molecule has 2 rings (SSSR count). The van der Waals surface area contributed by atoms with Crippen LogP contribution in [-0.2, 0) is 4.74 Å². The number of nitrogens with zero attached hydrogens (tertiary/aromatic N) is 1. The molecular formula is C12H16NO2. The fourth-order valence-corrected chi connectivity index (χ4v) is 1.68. The van der Waals surface area contributed by atoms with Gasteiger partial charge >= 0.3 is 0 Å². The van der Waals surface area contributed by atoms with Crippen molar-refractivity contribution < 1.29 is 9.84 Å². The third kappa shape index (κ3) is 2.17. The Bertz CT molecular complexity index is 250. The Hall–Kier alpha value is -0.570. The molecule has 3 nitrogen and oxygen atoms in total. The predicted octanol–water partition coefficient (Wildman–Crippen LogP) is 1.21. The van der Waals surface area contributed by atoms with Crippen LogP contribution in [0.25, 0.3) is 0 Å². The minimum atomic E-state index is 0.0387. The largest absolute Gasteiger partial charge is 0.478 e. The summed E-state index contributed by atoms with van der Waals surface area (Å²) in [6.45, 7) is 4.97. The second-order valence-corrected chi connectivity index (χ2v) is 4.18. The minimum Gasteiger partial charge on any atom is -0.478 e. The topological polar surface area (TPSA) is 41.8 Å². The molecule has 0 aromatic carbocycles. The highest BCUT2D eigenvalue weighted by molar-refractivity contribution is 5.98. The molecule has 1 N–H and O–H groups in total. The van der Waals surface area contributed by atoms with Crippen LogP contribution in [0.2, 0.25) is 0 Å². The maximum Gasteiger partial charge on any atom is 0.192 e. The van der Waals surface area contributed by atoms with Crippen LogP contribution in [0.4, 0.5) is 0 Å². The van der Waals surface area contributed by atoms with Gasteiger partial charge in [0.2, 0.25) is 0 Å². The predicted molar refractivity (Wildman–Crippen MR) is 58.5 cm³/mol. The molecule has 81 valence electrons. The number of hydrogen-bond donors (Lipinski definition) is 1. The van der Waals surface area contributed by atoms with Crippen LogP contribution in [0.1, 0.15) is 13.8 Å². The van der Waals surface area contributed by atoms with Crippen molar-refractivity contribution in [3.8, 4) is 0 Å². The highest BCUT2D eigenvalue weighted by Crippen LogP contribution is 2.36. The van der Waals surface area contributed by atoms with Crippen LogP contribution in [0, 0.1) is 37.0 Å². The van der Waals surface area contributed by atoms with E-state index in [1.165, 1.54) is 0 Å². The van der Waals surface area contributed by atoms with Crippen LogP contribution in [-0.4, -0.2) is 30.3 Å². The van der Waals surface area contributed by atoms with Crippen LogP contribution in [0.5, 0.6) is 0 Å². The van der Waals surface area contributed by atoms with E-state index in [0.717, 1.165) is 11.8 Å². The average Bonchev–Trinajstić information content (AvgIpc) is 2.85. The molecule has 2 aliphatic rings. The number of rotatable bonds is 3. The molecule has 5 radical (unpaired) electrons. The maximum absolute atomic E-state index is 9.13. The van der Waals surface area contributed by atoms with E-state index < -0.39 is 0 Å². The molecule has 1 fully saturated rings. The van der Waals surface area contributed by atoms with Crippen LogP contribution in [0.3, 0.4) is 0 Å². The van der Waals surface area contributed by atoms with E-state index >= 15 is 0 Å². The van der Waals surface area contributed by atoms with E-state index in [4.69, 9.17) is 9.84 Å². The Balaban J connectivity index is 2.02. The summed E-state index contributed by atoms with van der Waals surface area (Å²) in [6.07, 6.45) is 5.74. The van der Waals surface area contributed by atoms with Gasteiger partial charge in [-0.15, -0.1) is 0 Å². The summed E-state index contributed by atoms with van der Waals surface area (Å²) < 4.78 is 5.55. The normalized spacial score (nSPS) is 28.5. The van der Waals surface area contributed by atoms with Crippen molar-refractivity contribution in [2.75, 3.05) is 13.2 Å². The average molecular weight is 206 g/mol. The van der Waals surface area contributed by atoms with Crippen molar-refractivity contribution in [1.29, 1.82) is 0 Å². The van der Waals surface area contributed by atoms with Gasteiger partial charge in [-0.05, 0) is 25.2 Å². The molecule has 0 unspecified atom stereocenters. The lowest BCUT2D eigenvalue weighted by molar-refractivity contribution is 0.285. The smallest absolute Gasteiger partial charge is 0.192 e. The van der Waals surface area contributed by atoms with E-state index in [2.05, 4.69) is 18.8 Å². The number of aliphatic hydroxyl groups excluding tert-OH is 1. The summed E-state index contributed by atoms with van der Waals surface area (Å²) in [6, 6.07) is 0.251. The Morgan fingerprint density at radius 3 is 2.93 bits per heavy atom. The lowest BCUT2D eigenvalue weighted by Crippen LogP contribution is -2.18. The summed E-state index contributed by atoms with van der Waals surface area (Å²) in [5.74, 6) is 3.00. The van der Waals surface area contributed by atoms with Gasteiger partial charge in [0.25, 0.3) is 0 Å². The summed E-state index contributed by atoms with van der Waals surface area (Å²) in [7, 11) is 0. The van der Waals surface area contributed by atoms with E-state index in [-0.39, 0.29) is 12.6 Å². The standard InChI is InChI=1S/C12H16NO2/c1-8(2)11-7-15-12(13-11)10-5-3-4-9(10)6-14/h3-5,8,11,14H,6-7H2,1-2H3/t11-/m1/s1. The highest BCUT2D eigenvalue weighted by atomic mass is 16.5. The van der Waals surface area contributed by atoms with E-state index in [1.807, 2.05) is 19.3 Å².